The molecule has 0 N–H and O–H groups in total. The molecule has 0 saturated carbocycles. The van der Waals surface area contributed by atoms with E-state index in [9.17, 15) is 14.4 Å². The van der Waals surface area contributed by atoms with Gasteiger partial charge in [-0.2, -0.15) is 0 Å². The largest absolute Gasteiger partial charge is 0.462 e. The Labute approximate surface area is 426 Å². The van der Waals surface area contributed by atoms with Gasteiger partial charge in [-0.25, -0.2) is 0 Å². The zero-order chi connectivity index (χ0) is 50.0. The van der Waals surface area contributed by atoms with E-state index in [4.69, 9.17) is 14.2 Å². The first-order chi connectivity index (χ1) is 34.0. The lowest BCUT2D eigenvalue weighted by Crippen LogP contribution is -2.30. The number of rotatable bonds is 52. The van der Waals surface area contributed by atoms with Gasteiger partial charge in [0.1, 0.15) is 13.2 Å². The summed E-state index contributed by atoms with van der Waals surface area (Å²) in [5.41, 5.74) is 0. The van der Waals surface area contributed by atoms with Crippen LogP contribution in [-0.4, -0.2) is 37.2 Å². The Bertz CT molecular complexity index is 1330. The molecule has 0 saturated heterocycles. The highest BCUT2D eigenvalue weighted by atomic mass is 16.6. The van der Waals surface area contributed by atoms with Gasteiger partial charge >= 0.3 is 17.9 Å². The van der Waals surface area contributed by atoms with Crippen molar-refractivity contribution in [3.63, 3.8) is 0 Å². The molecule has 0 aliphatic rings. The van der Waals surface area contributed by atoms with E-state index in [0.717, 1.165) is 96.3 Å². The summed E-state index contributed by atoms with van der Waals surface area (Å²) in [6.07, 6.45) is 74.3. The van der Waals surface area contributed by atoms with Crippen LogP contribution in [0, 0.1) is 0 Å². The molecule has 6 heteroatoms. The second-order valence-electron chi connectivity index (χ2n) is 19.2. The number of hydrogen-bond acceptors (Lipinski definition) is 6. The summed E-state index contributed by atoms with van der Waals surface area (Å²) in [5, 5.41) is 0. The van der Waals surface area contributed by atoms with Gasteiger partial charge in [-0.05, 0) is 116 Å². The summed E-state index contributed by atoms with van der Waals surface area (Å²) in [4.78, 5) is 38.2. The van der Waals surface area contributed by atoms with Gasteiger partial charge in [0.2, 0.25) is 0 Å². The third-order valence-electron chi connectivity index (χ3n) is 12.4. The van der Waals surface area contributed by atoms with E-state index >= 15 is 0 Å². The van der Waals surface area contributed by atoms with Crippen LogP contribution in [0.1, 0.15) is 278 Å². The molecule has 0 rings (SSSR count). The van der Waals surface area contributed by atoms with Gasteiger partial charge in [-0.1, -0.05) is 228 Å². The molecule has 1 atom stereocenters. The van der Waals surface area contributed by atoms with Crippen LogP contribution in [-0.2, 0) is 28.6 Å². The minimum absolute atomic E-state index is 0.0937. The molecule has 0 aromatic rings. The van der Waals surface area contributed by atoms with Crippen molar-refractivity contribution in [1.29, 1.82) is 0 Å². The standard InChI is InChI=1S/C63H108O6/c1-4-7-10-13-16-19-22-25-28-30-31-33-35-38-41-44-47-50-53-56-62(65)68-59-60(58-67-61(64)55-52-49-46-43-40-37-34-27-24-21-18-15-12-9-6-3)69-63(66)57-54-51-48-45-42-39-36-32-29-26-23-20-17-14-11-8-5-2/h9,12,17-18,20-21,25-29,34,40,43,60H,4-8,10-11,13-16,19,22-24,30-33,35-39,41-42,44-59H2,1-3H3/b12-9-,20-17-,21-18-,28-25-,29-26-,34-27-,43-40-. The Morgan fingerprint density at radius 1 is 0.304 bits per heavy atom. The van der Waals surface area contributed by atoms with Crippen molar-refractivity contribution in [3.05, 3.63) is 85.1 Å². The van der Waals surface area contributed by atoms with Crippen LogP contribution in [0.25, 0.3) is 0 Å². The summed E-state index contributed by atoms with van der Waals surface area (Å²) >= 11 is 0. The first-order valence-corrected chi connectivity index (χ1v) is 29.1. The number of ether oxygens (including phenoxy) is 3. The van der Waals surface area contributed by atoms with E-state index in [1.165, 1.54) is 141 Å². The van der Waals surface area contributed by atoms with E-state index in [-0.39, 0.29) is 31.1 Å². The fraction of sp³-hybridized carbons (Fsp3) is 0.730. The highest BCUT2D eigenvalue weighted by Gasteiger charge is 2.19. The third-order valence-corrected chi connectivity index (χ3v) is 12.4. The van der Waals surface area contributed by atoms with Gasteiger partial charge in [0, 0.05) is 19.3 Å². The number of allylic oxidation sites excluding steroid dienone is 14. The van der Waals surface area contributed by atoms with Crippen molar-refractivity contribution in [1.82, 2.24) is 0 Å². The maximum atomic E-state index is 12.9. The highest BCUT2D eigenvalue weighted by molar-refractivity contribution is 5.71. The molecule has 0 aliphatic heterocycles. The van der Waals surface area contributed by atoms with Gasteiger partial charge in [0.25, 0.3) is 0 Å². The number of carbonyl (C=O) groups excluding carboxylic acids is 3. The van der Waals surface area contributed by atoms with Gasteiger partial charge < -0.3 is 14.2 Å². The first-order valence-electron chi connectivity index (χ1n) is 29.1. The monoisotopic (exact) mass is 961 g/mol. The fourth-order valence-electron chi connectivity index (χ4n) is 7.99. The van der Waals surface area contributed by atoms with Crippen molar-refractivity contribution in [2.45, 2.75) is 284 Å². The van der Waals surface area contributed by atoms with E-state index < -0.39 is 6.10 Å². The van der Waals surface area contributed by atoms with Gasteiger partial charge in [-0.3, -0.25) is 14.4 Å². The molecule has 0 fully saturated rings. The first kappa shape index (κ1) is 65.6. The molecule has 0 radical (unpaired) electrons. The van der Waals surface area contributed by atoms with Gasteiger partial charge in [-0.15, -0.1) is 0 Å². The van der Waals surface area contributed by atoms with Gasteiger partial charge in [0.05, 0.1) is 0 Å². The molecule has 1 unspecified atom stereocenters. The summed E-state index contributed by atoms with van der Waals surface area (Å²) in [5.74, 6) is -0.941. The SMILES string of the molecule is CC/C=C\C/C=C\C/C=C\C/C=C\CCCCC(=O)OCC(COC(=O)CCCCCCCCCCC/C=C\CCCCCCCC)OC(=O)CCCCCCCCC/C=C\C/C=C\CCCCC. The Hall–Kier alpha value is -3.41. The lowest BCUT2D eigenvalue weighted by atomic mass is 10.1. The average Bonchev–Trinajstić information content (AvgIpc) is 3.35. The Morgan fingerprint density at radius 2 is 0.565 bits per heavy atom. The van der Waals surface area contributed by atoms with Crippen LogP contribution < -0.4 is 0 Å². The van der Waals surface area contributed by atoms with Crippen LogP contribution in [0.5, 0.6) is 0 Å². The van der Waals surface area contributed by atoms with E-state index in [1.54, 1.807) is 0 Å². The second kappa shape index (κ2) is 57.2. The van der Waals surface area contributed by atoms with Crippen LogP contribution in [0.2, 0.25) is 0 Å². The zero-order valence-electron chi connectivity index (χ0n) is 45.3. The molecular weight excluding hydrogens is 853 g/mol. The topological polar surface area (TPSA) is 78.9 Å². The molecular formula is C63H108O6. The van der Waals surface area contributed by atoms with E-state index in [1.807, 2.05) is 0 Å². The molecule has 0 spiro atoms. The second-order valence-corrected chi connectivity index (χ2v) is 19.2. The molecule has 69 heavy (non-hydrogen) atoms. The van der Waals surface area contributed by atoms with Gasteiger partial charge in [0.15, 0.2) is 6.10 Å². The smallest absolute Gasteiger partial charge is 0.306 e. The summed E-state index contributed by atoms with van der Waals surface area (Å²) in [7, 11) is 0. The van der Waals surface area contributed by atoms with Crippen LogP contribution >= 0.6 is 0 Å². The molecule has 0 amide bonds. The van der Waals surface area contributed by atoms with Crippen LogP contribution in [0.4, 0.5) is 0 Å². The normalized spacial score (nSPS) is 12.7. The van der Waals surface area contributed by atoms with Crippen LogP contribution in [0.3, 0.4) is 0 Å². The molecule has 0 bridgehead atoms. The average molecular weight is 962 g/mol. The van der Waals surface area contributed by atoms with Crippen molar-refractivity contribution in [2.75, 3.05) is 13.2 Å². The number of hydrogen-bond donors (Lipinski definition) is 0. The predicted molar refractivity (Wildman–Crippen MR) is 297 cm³/mol. The van der Waals surface area contributed by atoms with E-state index in [2.05, 4.69) is 106 Å². The molecule has 0 heterocycles. The Morgan fingerprint density at radius 3 is 0.957 bits per heavy atom. The minimum atomic E-state index is -0.799. The Kier molecular flexibility index (Phi) is 54.3. The molecule has 0 aromatic carbocycles. The zero-order valence-corrected chi connectivity index (χ0v) is 45.3. The highest BCUT2D eigenvalue weighted by Crippen LogP contribution is 2.15. The molecule has 0 aromatic heterocycles. The predicted octanol–water partition coefficient (Wildman–Crippen LogP) is 19.5. The fourth-order valence-corrected chi connectivity index (χ4v) is 7.99. The quantitative estimate of drug-likeness (QED) is 0.0262. The number of unbranched alkanes of at least 4 members (excludes halogenated alkanes) is 27. The molecule has 6 nitrogen and oxygen atoms in total. The van der Waals surface area contributed by atoms with Crippen molar-refractivity contribution < 1.29 is 28.6 Å². The lowest BCUT2D eigenvalue weighted by Gasteiger charge is -2.18. The number of carbonyl (C=O) groups is 3. The Balaban J connectivity index is 4.43. The third kappa shape index (κ3) is 55.4. The van der Waals surface area contributed by atoms with Crippen molar-refractivity contribution >= 4 is 17.9 Å². The molecule has 396 valence electrons. The van der Waals surface area contributed by atoms with Crippen molar-refractivity contribution in [2.24, 2.45) is 0 Å². The summed E-state index contributed by atoms with van der Waals surface area (Å²) in [6, 6.07) is 0. The molecule has 0 aliphatic carbocycles. The van der Waals surface area contributed by atoms with Crippen molar-refractivity contribution in [3.8, 4) is 0 Å². The maximum Gasteiger partial charge on any atom is 0.306 e. The maximum absolute atomic E-state index is 12.9. The summed E-state index contributed by atoms with van der Waals surface area (Å²) in [6.45, 7) is 6.47. The lowest BCUT2D eigenvalue weighted by molar-refractivity contribution is -0.167. The summed E-state index contributed by atoms with van der Waals surface area (Å²) < 4.78 is 16.8. The number of esters is 3. The van der Waals surface area contributed by atoms with Crippen LogP contribution in [0.15, 0.2) is 85.1 Å². The van der Waals surface area contributed by atoms with E-state index in [0.29, 0.717) is 19.3 Å². The minimum Gasteiger partial charge on any atom is -0.462 e.